The average Bonchev–Trinajstić information content (AvgIpc) is 2.54. The molecule has 7 heteroatoms. The predicted molar refractivity (Wildman–Crippen MR) is 103 cm³/mol. The lowest BCUT2D eigenvalue weighted by Crippen LogP contribution is -2.48. The lowest BCUT2D eigenvalue weighted by molar-refractivity contribution is -0.133. The molecule has 0 fully saturated rings. The van der Waals surface area contributed by atoms with Gasteiger partial charge in [-0.15, -0.1) is 0 Å². The predicted octanol–water partition coefficient (Wildman–Crippen LogP) is 3.36. The molecule has 25 heavy (non-hydrogen) atoms. The molecule has 5 nitrogen and oxygen atoms in total. The van der Waals surface area contributed by atoms with E-state index in [1.165, 1.54) is 0 Å². The summed E-state index contributed by atoms with van der Waals surface area (Å²) >= 11 is 12.1. The summed E-state index contributed by atoms with van der Waals surface area (Å²) in [7, 11) is 1.77. The van der Waals surface area contributed by atoms with E-state index < -0.39 is 6.04 Å². The largest absolute Gasteiger partial charge is 0.348 e. The Bertz CT molecular complexity index is 606. The summed E-state index contributed by atoms with van der Waals surface area (Å²) in [6.45, 7) is 9.05. The molecule has 0 spiro atoms. The molecule has 0 aromatic heterocycles. The van der Waals surface area contributed by atoms with Crippen LogP contribution in [0.3, 0.4) is 0 Å². The van der Waals surface area contributed by atoms with Crippen LogP contribution in [-0.4, -0.2) is 54.3 Å². The van der Waals surface area contributed by atoms with Crippen molar-refractivity contribution in [2.45, 2.75) is 39.8 Å². The maximum atomic E-state index is 12.5. The van der Waals surface area contributed by atoms with Gasteiger partial charge in [0.1, 0.15) is 0 Å². The normalized spacial score (nSPS) is 13.4. The van der Waals surface area contributed by atoms with Gasteiger partial charge in [-0.05, 0) is 52.4 Å². The van der Waals surface area contributed by atoms with Crippen LogP contribution in [0.4, 0.5) is 0 Å². The number of benzene rings is 1. The van der Waals surface area contributed by atoms with Gasteiger partial charge in [0.2, 0.25) is 11.8 Å². The monoisotopic (exact) mass is 387 g/mol. The van der Waals surface area contributed by atoms with Gasteiger partial charge in [0.05, 0.1) is 18.6 Å². The first-order valence-corrected chi connectivity index (χ1v) is 9.20. The van der Waals surface area contributed by atoms with Crippen LogP contribution in [0, 0.1) is 0 Å². The minimum absolute atomic E-state index is 0.0148. The molecule has 0 heterocycles. The second kappa shape index (κ2) is 10.00. The smallest absolute Gasteiger partial charge is 0.237 e. The van der Waals surface area contributed by atoms with Crippen molar-refractivity contribution in [1.29, 1.82) is 0 Å². The molecule has 1 rings (SSSR count). The van der Waals surface area contributed by atoms with Gasteiger partial charge in [0.25, 0.3) is 0 Å². The Labute approximate surface area is 160 Å². The maximum absolute atomic E-state index is 12.5. The SMILES string of the molecule is CCN(CC)C(=O)CN(C)C(C)C(=O)NC(C)c1ccc(Cl)cc1Cl. The van der Waals surface area contributed by atoms with E-state index in [1.54, 1.807) is 42.0 Å². The van der Waals surface area contributed by atoms with Gasteiger partial charge in [-0.2, -0.15) is 0 Å². The Kier molecular flexibility index (Phi) is 8.69. The van der Waals surface area contributed by atoms with Crippen molar-refractivity contribution in [1.82, 2.24) is 15.1 Å². The van der Waals surface area contributed by atoms with Crippen LogP contribution in [0.2, 0.25) is 10.0 Å². The fraction of sp³-hybridized carbons (Fsp3) is 0.556. The summed E-state index contributed by atoms with van der Waals surface area (Å²) in [5.41, 5.74) is 0.800. The standard InChI is InChI=1S/C18H27Cl2N3O2/c1-6-23(7-2)17(24)11-22(5)13(4)18(25)21-12(3)15-9-8-14(19)10-16(15)20/h8-10,12-13H,6-7,11H2,1-5H3,(H,21,25). The third-order valence-corrected chi connectivity index (χ3v) is 4.89. The van der Waals surface area contributed by atoms with Crippen LogP contribution >= 0.6 is 23.2 Å². The molecule has 2 atom stereocenters. The number of carbonyl (C=O) groups excluding carboxylic acids is 2. The Morgan fingerprint density at radius 3 is 2.28 bits per heavy atom. The van der Waals surface area contributed by atoms with Crippen LogP contribution in [0.5, 0.6) is 0 Å². The van der Waals surface area contributed by atoms with Gasteiger partial charge < -0.3 is 10.2 Å². The minimum Gasteiger partial charge on any atom is -0.348 e. The summed E-state index contributed by atoms with van der Waals surface area (Å²) in [5.74, 6) is -0.144. The molecule has 2 amide bonds. The van der Waals surface area contributed by atoms with Crippen molar-refractivity contribution in [2.24, 2.45) is 0 Å². The highest BCUT2D eigenvalue weighted by Gasteiger charge is 2.23. The first-order chi connectivity index (χ1) is 11.7. The summed E-state index contributed by atoms with van der Waals surface area (Å²) < 4.78 is 0. The molecule has 0 aliphatic rings. The van der Waals surface area contributed by atoms with E-state index in [1.807, 2.05) is 20.8 Å². The van der Waals surface area contributed by atoms with E-state index in [9.17, 15) is 9.59 Å². The third kappa shape index (κ3) is 6.17. The zero-order valence-electron chi connectivity index (χ0n) is 15.5. The second-order valence-electron chi connectivity index (χ2n) is 6.05. The molecular formula is C18H27Cl2N3O2. The molecule has 1 aromatic carbocycles. The summed E-state index contributed by atoms with van der Waals surface area (Å²) in [6.07, 6.45) is 0. The number of likely N-dealkylation sites (N-methyl/N-ethyl adjacent to an activating group) is 2. The summed E-state index contributed by atoms with van der Waals surface area (Å²) in [4.78, 5) is 28.2. The number of amides is 2. The minimum atomic E-state index is -0.437. The Morgan fingerprint density at radius 2 is 1.76 bits per heavy atom. The molecule has 0 radical (unpaired) electrons. The molecule has 1 aromatic rings. The van der Waals surface area contributed by atoms with E-state index >= 15 is 0 Å². The highest BCUT2D eigenvalue weighted by Crippen LogP contribution is 2.26. The van der Waals surface area contributed by atoms with Gasteiger partial charge >= 0.3 is 0 Å². The molecule has 140 valence electrons. The van der Waals surface area contributed by atoms with Crippen molar-refractivity contribution in [3.8, 4) is 0 Å². The molecule has 0 bridgehead atoms. The van der Waals surface area contributed by atoms with Gasteiger partial charge in [-0.1, -0.05) is 29.3 Å². The number of hydrogen-bond acceptors (Lipinski definition) is 3. The van der Waals surface area contributed by atoms with Crippen molar-refractivity contribution in [3.63, 3.8) is 0 Å². The molecule has 0 saturated heterocycles. The van der Waals surface area contributed by atoms with E-state index in [-0.39, 0.29) is 24.4 Å². The number of nitrogens with one attached hydrogen (secondary N) is 1. The van der Waals surface area contributed by atoms with Crippen LogP contribution in [0.1, 0.15) is 39.3 Å². The number of rotatable bonds is 8. The summed E-state index contributed by atoms with van der Waals surface area (Å²) in [5, 5.41) is 4.00. The first-order valence-electron chi connectivity index (χ1n) is 8.44. The number of halogens is 2. The highest BCUT2D eigenvalue weighted by atomic mass is 35.5. The fourth-order valence-electron chi connectivity index (χ4n) is 2.49. The van der Waals surface area contributed by atoms with E-state index in [0.29, 0.717) is 23.1 Å². The third-order valence-electron chi connectivity index (χ3n) is 4.33. The molecule has 1 N–H and O–H groups in total. The van der Waals surface area contributed by atoms with Crippen molar-refractivity contribution in [2.75, 3.05) is 26.7 Å². The molecule has 2 unspecified atom stereocenters. The van der Waals surface area contributed by atoms with Gasteiger partial charge in [-0.25, -0.2) is 0 Å². The Balaban J connectivity index is 2.67. The van der Waals surface area contributed by atoms with Crippen molar-refractivity contribution in [3.05, 3.63) is 33.8 Å². The number of nitrogens with zero attached hydrogens (tertiary/aromatic N) is 2. The van der Waals surface area contributed by atoms with Gasteiger partial charge in [0.15, 0.2) is 0 Å². The topological polar surface area (TPSA) is 52.7 Å². The summed E-state index contributed by atoms with van der Waals surface area (Å²) in [6, 6.07) is 4.50. The zero-order valence-corrected chi connectivity index (χ0v) is 17.0. The van der Waals surface area contributed by atoms with Gasteiger partial charge in [0, 0.05) is 23.1 Å². The highest BCUT2D eigenvalue weighted by molar-refractivity contribution is 6.35. The van der Waals surface area contributed by atoms with E-state index in [4.69, 9.17) is 23.2 Å². The average molecular weight is 388 g/mol. The first kappa shape index (κ1) is 21.7. The van der Waals surface area contributed by atoms with Crippen LogP contribution in [0.25, 0.3) is 0 Å². The quantitative estimate of drug-likeness (QED) is 0.743. The van der Waals surface area contributed by atoms with Crippen molar-refractivity contribution < 1.29 is 9.59 Å². The fourth-order valence-corrected chi connectivity index (χ4v) is 3.06. The lowest BCUT2D eigenvalue weighted by atomic mass is 10.1. The molecular weight excluding hydrogens is 361 g/mol. The van der Waals surface area contributed by atoms with E-state index in [2.05, 4.69) is 5.32 Å². The molecule has 0 aliphatic carbocycles. The van der Waals surface area contributed by atoms with Crippen molar-refractivity contribution >= 4 is 35.0 Å². The second-order valence-corrected chi connectivity index (χ2v) is 6.90. The van der Waals surface area contributed by atoms with Crippen LogP contribution in [0.15, 0.2) is 18.2 Å². The van der Waals surface area contributed by atoms with E-state index in [0.717, 1.165) is 5.56 Å². The Hall–Kier alpha value is -1.30. The molecule has 0 aliphatic heterocycles. The maximum Gasteiger partial charge on any atom is 0.237 e. The Morgan fingerprint density at radius 1 is 1.16 bits per heavy atom. The van der Waals surface area contributed by atoms with Gasteiger partial charge in [-0.3, -0.25) is 14.5 Å². The van der Waals surface area contributed by atoms with Crippen LogP contribution < -0.4 is 5.32 Å². The molecule has 0 saturated carbocycles. The number of hydrogen-bond donors (Lipinski definition) is 1. The zero-order chi connectivity index (χ0) is 19.1. The lowest BCUT2D eigenvalue weighted by Gasteiger charge is -2.28. The van der Waals surface area contributed by atoms with Crippen LogP contribution in [-0.2, 0) is 9.59 Å². The number of carbonyl (C=O) groups is 2.